The highest BCUT2D eigenvalue weighted by atomic mass is 32.2. The zero-order chi connectivity index (χ0) is 32.6. The molecule has 0 aromatic heterocycles. The van der Waals surface area contributed by atoms with Crippen LogP contribution in [-0.4, -0.2) is 44.3 Å². The van der Waals surface area contributed by atoms with E-state index in [-0.39, 0.29) is 29.7 Å². The topological polar surface area (TPSA) is 86.8 Å². The van der Waals surface area contributed by atoms with Gasteiger partial charge < -0.3 is 10.2 Å². The molecule has 4 aromatic carbocycles. The third-order valence-electron chi connectivity index (χ3n) is 7.77. The second-order valence-electron chi connectivity index (χ2n) is 12.0. The first-order chi connectivity index (χ1) is 21.5. The van der Waals surface area contributed by atoms with Crippen molar-refractivity contribution >= 4 is 27.5 Å². The number of anilines is 1. The van der Waals surface area contributed by atoms with Gasteiger partial charge in [-0.2, -0.15) is 0 Å². The zero-order valence-electron chi connectivity index (χ0n) is 26.7. The summed E-state index contributed by atoms with van der Waals surface area (Å²) in [6.07, 6.45) is 0.275. The summed E-state index contributed by atoms with van der Waals surface area (Å²) in [5.74, 6) is -0.545. The largest absolute Gasteiger partial charge is 0.354 e. The van der Waals surface area contributed by atoms with Crippen LogP contribution >= 0.6 is 0 Å². The van der Waals surface area contributed by atoms with Crippen LogP contribution in [0.25, 0.3) is 0 Å². The highest BCUT2D eigenvalue weighted by Gasteiger charge is 2.34. The molecule has 45 heavy (non-hydrogen) atoms. The Bertz CT molecular complexity index is 1690. The van der Waals surface area contributed by atoms with E-state index in [9.17, 15) is 18.0 Å². The van der Waals surface area contributed by atoms with Crippen LogP contribution in [-0.2, 0) is 32.6 Å². The van der Waals surface area contributed by atoms with Crippen LogP contribution < -0.4 is 9.62 Å². The minimum Gasteiger partial charge on any atom is -0.354 e. The minimum atomic E-state index is -4.13. The first-order valence-electron chi connectivity index (χ1n) is 15.3. The number of carbonyl (C=O) groups is 2. The van der Waals surface area contributed by atoms with Crippen LogP contribution in [0.4, 0.5) is 5.69 Å². The smallest absolute Gasteiger partial charge is 0.264 e. The van der Waals surface area contributed by atoms with Gasteiger partial charge in [0.25, 0.3) is 10.0 Å². The SMILES string of the molecule is Cc1ccc(N(CC(=O)N(Cc2ccccc2C)[C@@H](Cc2ccccc2)C(=O)NCC(C)C)S(=O)(=O)c2ccc(C)cc2)cc1. The molecule has 0 unspecified atom stereocenters. The number of sulfonamides is 1. The molecule has 0 aliphatic rings. The van der Waals surface area contributed by atoms with E-state index >= 15 is 0 Å². The Morgan fingerprint density at radius 2 is 1.33 bits per heavy atom. The van der Waals surface area contributed by atoms with Gasteiger partial charge in [0.05, 0.1) is 10.6 Å². The average molecular weight is 626 g/mol. The monoisotopic (exact) mass is 625 g/mol. The maximum absolute atomic E-state index is 14.6. The summed E-state index contributed by atoms with van der Waals surface area (Å²) in [6, 6.07) is 30.0. The Morgan fingerprint density at radius 3 is 1.93 bits per heavy atom. The first-order valence-corrected chi connectivity index (χ1v) is 16.7. The number of aryl methyl sites for hydroxylation is 3. The third-order valence-corrected chi connectivity index (χ3v) is 9.56. The molecular weight excluding hydrogens is 582 g/mol. The van der Waals surface area contributed by atoms with Crippen molar-refractivity contribution in [3.05, 3.63) is 131 Å². The summed E-state index contributed by atoms with van der Waals surface area (Å²) in [5.41, 5.74) is 5.00. The summed E-state index contributed by atoms with van der Waals surface area (Å²) in [6.45, 7) is 9.91. The van der Waals surface area contributed by atoms with Crippen LogP contribution in [0.15, 0.2) is 108 Å². The van der Waals surface area contributed by atoms with Gasteiger partial charge >= 0.3 is 0 Å². The number of carbonyl (C=O) groups excluding carboxylic acids is 2. The molecule has 0 saturated carbocycles. The van der Waals surface area contributed by atoms with Crippen molar-refractivity contribution in [2.75, 3.05) is 17.4 Å². The molecule has 0 saturated heterocycles. The van der Waals surface area contributed by atoms with Gasteiger partial charge in [0.2, 0.25) is 11.8 Å². The molecule has 0 aliphatic heterocycles. The van der Waals surface area contributed by atoms with Gasteiger partial charge in [-0.25, -0.2) is 8.42 Å². The molecule has 0 spiro atoms. The molecule has 0 bridgehead atoms. The van der Waals surface area contributed by atoms with E-state index in [4.69, 9.17) is 0 Å². The van der Waals surface area contributed by atoms with E-state index in [1.54, 1.807) is 36.4 Å². The summed E-state index contributed by atoms with van der Waals surface area (Å²) in [7, 11) is -4.13. The summed E-state index contributed by atoms with van der Waals surface area (Å²) >= 11 is 0. The van der Waals surface area contributed by atoms with Crippen LogP contribution in [0.5, 0.6) is 0 Å². The molecule has 236 valence electrons. The maximum Gasteiger partial charge on any atom is 0.264 e. The fraction of sp³-hybridized carbons (Fsp3) is 0.297. The molecule has 0 aliphatic carbocycles. The first kappa shape index (κ1) is 33.5. The van der Waals surface area contributed by atoms with Gasteiger partial charge in [-0.3, -0.25) is 13.9 Å². The van der Waals surface area contributed by atoms with Gasteiger partial charge in [-0.05, 0) is 67.6 Å². The Labute approximate surface area is 268 Å². The van der Waals surface area contributed by atoms with Crippen molar-refractivity contribution in [3.8, 4) is 0 Å². The van der Waals surface area contributed by atoms with E-state index in [1.165, 1.54) is 4.90 Å². The Balaban J connectivity index is 1.80. The van der Waals surface area contributed by atoms with Crippen molar-refractivity contribution in [2.45, 2.75) is 58.5 Å². The van der Waals surface area contributed by atoms with E-state index in [2.05, 4.69) is 5.32 Å². The molecule has 4 aromatic rings. The number of benzene rings is 4. The second kappa shape index (κ2) is 15.0. The molecule has 8 heteroatoms. The summed E-state index contributed by atoms with van der Waals surface area (Å²) in [4.78, 5) is 30.1. The lowest BCUT2D eigenvalue weighted by Crippen LogP contribution is -2.53. The van der Waals surface area contributed by atoms with Crippen molar-refractivity contribution in [2.24, 2.45) is 5.92 Å². The molecule has 0 fully saturated rings. The van der Waals surface area contributed by atoms with Gasteiger partial charge in [-0.15, -0.1) is 0 Å². The molecule has 0 radical (unpaired) electrons. The molecule has 0 heterocycles. The molecule has 7 nitrogen and oxygen atoms in total. The lowest BCUT2D eigenvalue weighted by molar-refractivity contribution is -0.140. The van der Waals surface area contributed by atoms with Crippen molar-refractivity contribution < 1.29 is 18.0 Å². The number of nitrogens with one attached hydrogen (secondary N) is 1. The summed E-state index contributed by atoms with van der Waals surface area (Å²) in [5, 5.41) is 3.03. The Morgan fingerprint density at radius 1 is 0.756 bits per heavy atom. The molecule has 2 amide bonds. The Kier molecular flexibility index (Phi) is 11.2. The van der Waals surface area contributed by atoms with Crippen LogP contribution in [0.3, 0.4) is 0 Å². The number of amides is 2. The van der Waals surface area contributed by atoms with Crippen LogP contribution in [0, 0.1) is 26.7 Å². The van der Waals surface area contributed by atoms with Crippen molar-refractivity contribution in [3.63, 3.8) is 0 Å². The Hall–Kier alpha value is -4.43. The van der Waals surface area contributed by atoms with E-state index in [0.29, 0.717) is 12.2 Å². The van der Waals surface area contributed by atoms with Gasteiger partial charge in [-0.1, -0.05) is 104 Å². The lowest BCUT2D eigenvalue weighted by Gasteiger charge is -2.34. The van der Waals surface area contributed by atoms with Crippen molar-refractivity contribution in [1.82, 2.24) is 10.2 Å². The van der Waals surface area contributed by atoms with E-state index in [1.807, 2.05) is 101 Å². The lowest BCUT2D eigenvalue weighted by atomic mass is 10.0. The van der Waals surface area contributed by atoms with Gasteiger partial charge in [0, 0.05) is 19.5 Å². The highest BCUT2D eigenvalue weighted by Crippen LogP contribution is 2.26. The number of hydrogen-bond donors (Lipinski definition) is 1. The normalized spacial score (nSPS) is 12.0. The summed E-state index contributed by atoms with van der Waals surface area (Å²) < 4.78 is 29.4. The molecule has 4 rings (SSSR count). The standard InChI is InChI=1S/C37H43N3O4S/c1-27(2)24-38-37(42)35(23-31-12-7-6-8-13-31)39(25-32-14-10-9-11-30(32)5)36(41)26-40(33-19-15-28(3)16-20-33)45(43,44)34-21-17-29(4)18-22-34/h6-22,27,35H,23-26H2,1-5H3,(H,38,42)/t35-/m0/s1. The predicted molar refractivity (Wildman–Crippen MR) is 180 cm³/mol. The number of nitrogens with zero attached hydrogens (tertiary/aromatic N) is 2. The number of rotatable bonds is 13. The predicted octanol–water partition coefficient (Wildman–Crippen LogP) is 6.22. The van der Waals surface area contributed by atoms with E-state index < -0.39 is 28.5 Å². The van der Waals surface area contributed by atoms with Crippen LogP contribution in [0.2, 0.25) is 0 Å². The maximum atomic E-state index is 14.6. The fourth-order valence-corrected chi connectivity index (χ4v) is 6.44. The van der Waals surface area contributed by atoms with Gasteiger partial charge in [0.1, 0.15) is 12.6 Å². The molecular formula is C37H43N3O4S. The van der Waals surface area contributed by atoms with E-state index in [0.717, 1.165) is 32.1 Å². The highest BCUT2D eigenvalue weighted by molar-refractivity contribution is 7.92. The fourth-order valence-electron chi connectivity index (χ4n) is 5.02. The minimum absolute atomic E-state index is 0.0856. The average Bonchev–Trinajstić information content (AvgIpc) is 3.02. The molecule has 1 N–H and O–H groups in total. The second-order valence-corrected chi connectivity index (χ2v) is 13.8. The number of hydrogen-bond acceptors (Lipinski definition) is 4. The van der Waals surface area contributed by atoms with Gasteiger partial charge in [0.15, 0.2) is 0 Å². The molecule has 1 atom stereocenters. The van der Waals surface area contributed by atoms with Crippen molar-refractivity contribution in [1.29, 1.82) is 0 Å². The quantitative estimate of drug-likeness (QED) is 0.191. The third kappa shape index (κ3) is 8.82. The van der Waals surface area contributed by atoms with Crippen LogP contribution in [0.1, 0.15) is 41.7 Å². The zero-order valence-corrected chi connectivity index (χ0v) is 27.6.